The van der Waals surface area contributed by atoms with Gasteiger partial charge in [0.25, 0.3) is 0 Å². The molecule has 4 nitrogen and oxygen atoms in total. The summed E-state index contributed by atoms with van der Waals surface area (Å²) in [5.74, 6) is 0.585. The van der Waals surface area contributed by atoms with E-state index in [0.29, 0.717) is 18.9 Å². The zero-order valence-electron chi connectivity index (χ0n) is 12.6. The van der Waals surface area contributed by atoms with Gasteiger partial charge in [0.15, 0.2) is 0 Å². The Labute approximate surface area is 116 Å². The lowest BCUT2D eigenvalue weighted by molar-refractivity contribution is -0.122. The van der Waals surface area contributed by atoms with Gasteiger partial charge in [0.05, 0.1) is 11.7 Å². The van der Waals surface area contributed by atoms with E-state index in [0.717, 1.165) is 38.7 Å². The Morgan fingerprint density at radius 1 is 1.53 bits per heavy atom. The number of carbonyl (C=O) groups is 1. The smallest absolute Gasteiger partial charge is 0.220 e. The van der Waals surface area contributed by atoms with E-state index in [1.807, 2.05) is 0 Å². The monoisotopic (exact) mass is 271 g/mol. The summed E-state index contributed by atoms with van der Waals surface area (Å²) in [6, 6.07) is 0. The number of rotatable bonds is 8. The minimum Gasteiger partial charge on any atom is -0.388 e. The average molecular weight is 271 g/mol. The van der Waals surface area contributed by atoms with Crippen molar-refractivity contribution in [2.24, 2.45) is 5.92 Å². The van der Waals surface area contributed by atoms with Gasteiger partial charge < -0.3 is 15.2 Å². The van der Waals surface area contributed by atoms with E-state index in [-0.39, 0.29) is 12.0 Å². The van der Waals surface area contributed by atoms with Gasteiger partial charge in [0.2, 0.25) is 5.91 Å². The van der Waals surface area contributed by atoms with E-state index in [9.17, 15) is 9.90 Å². The zero-order valence-corrected chi connectivity index (χ0v) is 12.6. The number of ether oxygens (including phenoxy) is 1. The maximum Gasteiger partial charge on any atom is 0.220 e. The molecule has 0 aromatic rings. The number of amides is 1. The molecule has 1 amide bonds. The van der Waals surface area contributed by atoms with E-state index < -0.39 is 5.60 Å². The topological polar surface area (TPSA) is 58.6 Å². The second-order valence-electron chi connectivity index (χ2n) is 6.38. The van der Waals surface area contributed by atoms with E-state index in [1.54, 1.807) is 6.92 Å². The molecule has 2 unspecified atom stereocenters. The van der Waals surface area contributed by atoms with Crippen LogP contribution in [0.2, 0.25) is 0 Å². The molecule has 0 aromatic carbocycles. The van der Waals surface area contributed by atoms with Gasteiger partial charge in [-0.2, -0.15) is 0 Å². The van der Waals surface area contributed by atoms with Crippen molar-refractivity contribution < 1.29 is 14.6 Å². The number of nitrogens with one attached hydrogen (secondary N) is 1. The second-order valence-corrected chi connectivity index (χ2v) is 6.38. The average Bonchev–Trinajstić information content (AvgIpc) is 2.85. The van der Waals surface area contributed by atoms with Crippen LogP contribution in [-0.4, -0.2) is 35.9 Å². The van der Waals surface area contributed by atoms with Crippen LogP contribution in [0.4, 0.5) is 0 Å². The van der Waals surface area contributed by atoms with Crippen molar-refractivity contribution in [3.63, 3.8) is 0 Å². The summed E-state index contributed by atoms with van der Waals surface area (Å²) in [5, 5.41) is 13.0. The van der Waals surface area contributed by atoms with Crippen molar-refractivity contribution in [2.75, 3.05) is 13.2 Å². The fourth-order valence-corrected chi connectivity index (χ4v) is 2.23. The molecule has 0 spiro atoms. The predicted octanol–water partition coefficient (Wildman–Crippen LogP) is 2.25. The van der Waals surface area contributed by atoms with Crippen LogP contribution in [0.25, 0.3) is 0 Å². The molecule has 1 heterocycles. The maximum atomic E-state index is 11.7. The Morgan fingerprint density at radius 2 is 2.26 bits per heavy atom. The summed E-state index contributed by atoms with van der Waals surface area (Å²) in [7, 11) is 0. The van der Waals surface area contributed by atoms with Crippen LogP contribution >= 0.6 is 0 Å². The van der Waals surface area contributed by atoms with Crippen LogP contribution in [0, 0.1) is 5.92 Å². The molecule has 1 aliphatic rings. The van der Waals surface area contributed by atoms with Crippen LogP contribution < -0.4 is 5.32 Å². The van der Waals surface area contributed by atoms with Crippen LogP contribution in [0.15, 0.2) is 0 Å². The summed E-state index contributed by atoms with van der Waals surface area (Å²) in [4.78, 5) is 11.7. The van der Waals surface area contributed by atoms with Gasteiger partial charge in [0.1, 0.15) is 0 Å². The predicted molar refractivity (Wildman–Crippen MR) is 75.9 cm³/mol. The molecule has 2 N–H and O–H groups in total. The molecule has 1 rings (SSSR count). The van der Waals surface area contributed by atoms with Crippen molar-refractivity contribution in [3.8, 4) is 0 Å². The quantitative estimate of drug-likeness (QED) is 0.712. The maximum absolute atomic E-state index is 11.7. The second kappa shape index (κ2) is 7.85. The molecule has 1 saturated heterocycles. The molecule has 0 bridgehead atoms. The summed E-state index contributed by atoms with van der Waals surface area (Å²) >= 11 is 0. The molecule has 0 aromatic heterocycles. The normalized spacial score (nSPS) is 22.5. The SMILES string of the molecule is CC(C)CCC(C)(O)CNC(=O)CCC1CCCO1. The van der Waals surface area contributed by atoms with Gasteiger partial charge in [-0.1, -0.05) is 13.8 Å². The molecular weight excluding hydrogens is 242 g/mol. The molecule has 2 atom stereocenters. The highest BCUT2D eigenvalue weighted by molar-refractivity contribution is 5.75. The van der Waals surface area contributed by atoms with Gasteiger partial charge in [0, 0.05) is 19.6 Å². The summed E-state index contributed by atoms with van der Waals surface area (Å²) in [6.45, 7) is 7.22. The lowest BCUT2D eigenvalue weighted by atomic mass is 9.95. The van der Waals surface area contributed by atoms with Crippen molar-refractivity contribution in [1.82, 2.24) is 5.32 Å². The standard InChI is InChI=1S/C15H29NO3/c1-12(2)8-9-15(3,18)11-16-14(17)7-6-13-5-4-10-19-13/h12-13,18H,4-11H2,1-3H3,(H,16,17). The number of carbonyl (C=O) groups excluding carboxylic acids is 1. The fraction of sp³-hybridized carbons (Fsp3) is 0.933. The Morgan fingerprint density at radius 3 is 2.84 bits per heavy atom. The lowest BCUT2D eigenvalue weighted by Gasteiger charge is -2.24. The van der Waals surface area contributed by atoms with Crippen molar-refractivity contribution in [2.45, 2.75) is 71.0 Å². The first-order valence-electron chi connectivity index (χ1n) is 7.50. The third kappa shape index (κ3) is 7.53. The fourth-order valence-electron chi connectivity index (χ4n) is 2.23. The van der Waals surface area contributed by atoms with Gasteiger partial charge >= 0.3 is 0 Å². The van der Waals surface area contributed by atoms with Crippen molar-refractivity contribution in [1.29, 1.82) is 0 Å². The first kappa shape index (κ1) is 16.4. The van der Waals surface area contributed by atoms with Crippen LogP contribution in [0.3, 0.4) is 0 Å². The molecule has 112 valence electrons. The largest absolute Gasteiger partial charge is 0.388 e. The molecule has 1 fully saturated rings. The van der Waals surface area contributed by atoms with Gasteiger partial charge in [-0.05, 0) is 44.9 Å². The highest BCUT2D eigenvalue weighted by atomic mass is 16.5. The summed E-state index contributed by atoms with van der Waals surface area (Å²) in [6.07, 6.45) is 5.41. The summed E-state index contributed by atoms with van der Waals surface area (Å²) < 4.78 is 5.48. The molecule has 0 aliphatic carbocycles. The molecule has 1 aliphatic heterocycles. The highest BCUT2D eigenvalue weighted by Gasteiger charge is 2.22. The van der Waals surface area contributed by atoms with Crippen LogP contribution in [0.5, 0.6) is 0 Å². The molecule has 19 heavy (non-hydrogen) atoms. The lowest BCUT2D eigenvalue weighted by Crippen LogP contribution is -2.40. The van der Waals surface area contributed by atoms with Crippen molar-refractivity contribution in [3.05, 3.63) is 0 Å². The zero-order chi connectivity index (χ0) is 14.3. The van der Waals surface area contributed by atoms with E-state index >= 15 is 0 Å². The van der Waals surface area contributed by atoms with E-state index in [4.69, 9.17) is 4.74 Å². The first-order valence-corrected chi connectivity index (χ1v) is 7.50. The molecule has 0 radical (unpaired) electrons. The third-order valence-corrected chi connectivity index (χ3v) is 3.64. The Bertz CT molecular complexity index is 271. The van der Waals surface area contributed by atoms with Gasteiger partial charge in [-0.3, -0.25) is 4.79 Å². The first-order chi connectivity index (χ1) is 8.89. The number of hydrogen-bond acceptors (Lipinski definition) is 3. The molecular formula is C15H29NO3. The molecule has 0 saturated carbocycles. The summed E-state index contributed by atoms with van der Waals surface area (Å²) in [5.41, 5.74) is -0.802. The Balaban J connectivity index is 2.13. The van der Waals surface area contributed by atoms with Gasteiger partial charge in [-0.15, -0.1) is 0 Å². The minimum absolute atomic E-state index is 0.0142. The van der Waals surface area contributed by atoms with Crippen molar-refractivity contribution >= 4 is 5.91 Å². The van der Waals surface area contributed by atoms with Crippen LogP contribution in [-0.2, 0) is 9.53 Å². The Hall–Kier alpha value is -0.610. The third-order valence-electron chi connectivity index (χ3n) is 3.64. The van der Waals surface area contributed by atoms with Gasteiger partial charge in [-0.25, -0.2) is 0 Å². The van der Waals surface area contributed by atoms with E-state index in [2.05, 4.69) is 19.2 Å². The number of aliphatic hydroxyl groups is 1. The Kier molecular flexibility index (Phi) is 6.80. The van der Waals surface area contributed by atoms with E-state index in [1.165, 1.54) is 0 Å². The minimum atomic E-state index is -0.802. The molecule has 4 heteroatoms. The van der Waals surface area contributed by atoms with Crippen LogP contribution in [0.1, 0.15) is 59.3 Å². The number of hydrogen-bond donors (Lipinski definition) is 2. The highest BCUT2D eigenvalue weighted by Crippen LogP contribution is 2.17.